The molecule has 0 amide bonds. The van der Waals surface area contributed by atoms with Crippen LogP contribution >= 0.6 is 0 Å². The van der Waals surface area contributed by atoms with E-state index in [-0.39, 0.29) is 0 Å². The highest BCUT2D eigenvalue weighted by atomic mass is 16.5. The zero-order valence-corrected chi connectivity index (χ0v) is 12.4. The van der Waals surface area contributed by atoms with E-state index in [4.69, 9.17) is 9.47 Å². The third-order valence-electron chi connectivity index (χ3n) is 3.35. The molecule has 0 saturated carbocycles. The number of benzene rings is 1. The topological polar surface area (TPSA) is 30.5 Å². The Labute approximate surface area is 117 Å². The fraction of sp³-hybridized carbons (Fsp3) is 0.625. The monoisotopic (exact) mass is 265 g/mol. The Kier molecular flexibility index (Phi) is 8.26. The van der Waals surface area contributed by atoms with Crippen molar-refractivity contribution < 1.29 is 9.47 Å². The van der Waals surface area contributed by atoms with Crippen LogP contribution in [0.25, 0.3) is 0 Å². The molecule has 1 N–H and O–H groups in total. The summed E-state index contributed by atoms with van der Waals surface area (Å²) in [5.74, 6) is 1.63. The maximum Gasteiger partial charge on any atom is 0.119 e. The molecule has 0 fully saturated rings. The Hall–Kier alpha value is -1.06. The smallest absolute Gasteiger partial charge is 0.119 e. The van der Waals surface area contributed by atoms with Crippen LogP contribution in [-0.2, 0) is 11.3 Å². The molecule has 1 rings (SSSR count). The summed E-state index contributed by atoms with van der Waals surface area (Å²) in [5.41, 5.74) is 1.25. The second-order valence-corrected chi connectivity index (χ2v) is 4.81. The van der Waals surface area contributed by atoms with E-state index in [1.165, 1.54) is 18.4 Å². The highest BCUT2D eigenvalue weighted by Gasteiger charge is 2.04. The van der Waals surface area contributed by atoms with Crippen molar-refractivity contribution in [3.05, 3.63) is 29.8 Å². The molecule has 1 aromatic rings. The Morgan fingerprint density at radius 3 is 2.68 bits per heavy atom. The van der Waals surface area contributed by atoms with Crippen LogP contribution in [0.4, 0.5) is 0 Å². The highest BCUT2D eigenvalue weighted by molar-refractivity contribution is 5.28. The largest absolute Gasteiger partial charge is 0.493 e. The Morgan fingerprint density at radius 1 is 1.21 bits per heavy atom. The molecule has 0 unspecified atom stereocenters. The Balaban J connectivity index is 2.38. The van der Waals surface area contributed by atoms with Crippen molar-refractivity contribution in [3.8, 4) is 5.75 Å². The molecule has 0 atom stereocenters. The average Bonchev–Trinajstić information content (AvgIpc) is 2.45. The van der Waals surface area contributed by atoms with E-state index >= 15 is 0 Å². The van der Waals surface area contributed by atoms with Crippen LogP contribution in [0, 0.1) is 5.92 Å². The van der Waals surface area contributed by atoms with E-state index in [2.05, 4.69) is 37.4 Å². The van der Waals surface area contributed by atoms with E-state index in [0.29, 0.717) is 5.92 Å². The second kappa shape index (κ2) is 9.82. The van der Waals surface area contributed by atoms with Gasteiger partial charge in [0.05, 0.1) is 13.2 Å². The van der Waals surface area contributed by atoms with Gasteiger partial charge in [-0.2, -0.15) is 0 Å². The van der Waals surface area contributed by atoms with Crippen LogP contribution in [-0.4, -0.2) is 26.9 Å². The van der Waals surface area contributed by atoms with Crippen molar-refractivity contribution in [1.29, 1.82) is 0 Å². The van der Waals surface area contributed by atoms with Crippen LogP contribution in [0.15, 0.2) is 24.3 Å². The molecule has 0 radical (unpaired) electrons. The highest BCUT2D eigenvalue weighted by Crippen LogP contribution is 2.16. The summed E-state index contributed by atoms with van der Waals surface area (Å²) < 4.78 is 10.9. The first-order valence-corrected chi connectivity index (χ1v) is 7.21. The van der Waals surface area contributed by atoms with Gasteiger partial charge in [0.25, 0.3) is 0 Å². The molecule has 0 aliphatic carbocycles. The van der Waals surface area contributed by atoms with E-state index in [1.807, 2.05) is 6.07 Å². The van der Waals surface area contributed by atoms with Gasteiger partial charge < -0.3 is 14.8 Å². The summed E-state index contributed by atoms with van der Waals surface area (Å²) in [6, 6.07) is 8.31. The number of methoxy groups -OCH3 is 1. The van der Waals surface area contributed by atoms with Gasteiger partial charge in [-0.3, -0.25) is 0 Å². The van der Waals surface area contributed by atoms with E-state index in [9.17, 15) is 0 Å². The number of hydrogen-bond donors (Lipinski definition) is 1. The third kappa shape index (κ3) is 6.60. The van der Waals surface area contributed by atoms with Crippen molar-refractivity contribution in [1.82, 2.24) is 5.32 Å². The summed E-state index contributed by atoms with van der Waals surface area (Å²) in [4.78, 5) is 0. The molecule has 108 valence electrons. The molecular weight excluding hydrogens is 238 g/mol. The number of nitrogens with one attached hydrogen (secondary N) is 1. The van der Waals surface area contributed by atoms with Gasteiger partial charge in [-0.25, -0.2) is 0 Å². The molecular formula is C16H27NO2. The maximum absolute atomic E-state index is 5.87. The van der Waals surface area contributed by atoms with Gasteiger partial charge in [-0.1, -0.05) is 38.8 Å². The molecule has 0 aromatic heterocycles. The molecule has 0 aliphatic heterocycles. The molecule has 0 bridgehead atoms. The van der Waals surface area contributed by atoms with Crippen LogP contribution < -0.4 is 10.1 Å². The Morgan fingerprint density at radius 2 is 2.00 bits per heavy atom. The molecule has 0 saturated heterocycles. The predicted molar refractivity (Wildman–Crippen MR) is 79.6 cm³/mol. The number of hydrogen-bond acceptors (Lipinski definition) is 3. The summed E-state index contributed by atoms with van der Waals surface area (Å²) >= 11 is 0. The van der Waals surface area contributed by atoms with Crippen LogP contribution in [0.2, 0.25) is 0 Å². The first kappa shape index (κ1) is 16.0. The quantitative estimate of drug-likeness (QED) is 0.659. The van der Waals surface area contributed by atoms with Crippen LogP contribution in [0.3, 0.4) is 0 Å². The van der Waals surface area contributed by atoms with Gasteiger partial charge in [0.2, 0.25) is 0 Å². The maximum atomic E-state index is 5.87. The summed E-state index contributed by atoms with van der Waals surface area (Å²) in [6.07, 6.45) is 2.35. The van der Waals surface area contributed by atoms with Gasteiger partial charge in [0.1, 0.15) is 5.75 Å². The standard InChI is InChI=1S/C16H27NO2/c1-4-14(5-2)13-19-16-8-6-7-15(11-16)12-17-9-10-18-3/h6-8,11,14,17H,4-5,9-10,12-13H2,1-3H3. The summed E-state index contributed by atoms with van der Waals surface area (Å²) in [5, 5.41) is 3.34. The minimum absolute atomic E-state index is 0.656. The molecule has 1 aromatic carbocycles. The Bertz CT molecular complexity index is 337. The molecule has 19 heavy (non-hydrogen) atoms. The van der Waals surface area contributed by atoms with Gasteiger partial charge in [-0.15, -0.1) is 0 Å². The lowest BCUT2D eigenvalue weighted by Gasteiger charge is -2.14. The summed E-state index contributed by atoms with van der Waals surface area (Å²) in [7, 11) is 1.72. The third-order valence-corrected chi connectivity index (χ3v) is 3.35. The van der Waals surface area contributed by atoms with E-state index < -0.39 is 0 Å². The van der Waals surface area contributed by atoms with Crippen LogP contribution in [0.1, 0.15) is 32.3 Å². The molecule has 0 spiro atoms. The van der Waals surface area contributed by atoms with Crippen molar-refractivity contribution in [3.63, 3.8) is 0 Å². The van der Waals surface area contributed by atoms with Crippen LogP contribution in [0.5, 0.6) is 5.75 Å². The fourth-order valence-corrected chi connectivity index (χ4v) is 1.89. The molecule has 3 heteroatoms. The molecule has 3 nitrogen and oxygen atoms in total. The molecule has 0 aliphatic rings. The molecule has 0 heterocycles. The number of ether oxygens (including phenoxy) is 2. The van der Waals surface area contributed by atoms with Gasteiger partial charge in [-0.05, 0) is 23.6 Å². The van der Waals surface area contributed by atoms with Gasteiger partial charge in [0.15, 0.2) is 0 Å². The second-order valence-electron chi connectivity index (χ2n) is 4.81. The average molecular weight is 265 g/mol. The van der Waals surface area contributed by atoms with Gasteiger partial charge >= 0.3 is 0 Å². The van der Waals surface area contributed by atoms with Gasteiger partial charge in [0, 0.05) is 20.2 Å². The minimum Gasteiger partial charge on any atom is -0.493 e. The van der Waals surface area contributed by atoms with Crippen molar-refractivity contribution in [2.75, 3.05) is 26.9 Å². The SMILES string of the molecule is CCC(CC)COc1cccc(CNCCOC)c1. The number of rotatable bonds is 10. The lowest BCUT2D eigenvalue weighted by Crippen LogP contribution is -2.18. The lowest BCUT2D eigenvalue weighted by molar-refractivity contribution is 0.199. The normalized spacial score (nSPS) is 10.9. The first-order valence-electron chi connectivity index (χ1n) is 7.21. The fourth-order valence-electron chi connectivity index (χ4n) is 1.89. The van der Waals surface area contributed by atoms with Crippen molar-refractivity contribution in [2.45, 2.75) is 33.2 Å². The predicted octanol–water partition coefficient (Wildman–Crippen LogP) is 3.24. The van der Waals surface area contributed by atoms with Crippen molar-refractivity contribution in [2.24, 2.45) is 5.92 Å². The zero-order valence-electron chi connectivity index (χ0n) is 12.4. The minimum atomic E-state index is 0.656. The summed E-state index contributed by atoms with van der Waals surface area (Å²) in [6.45, 7) is 7.71. The lowest BCUT2D eigenvalue weighted by atomic mass is 10.1. The first-order chi connectivity index (χ1) is 9.30. The zero-order chi connectivity index (χ0) is 13.9. The van der Waals surface area contributed by atoms with E-state index in [1.54, 1.807) is 7.11 Å². The van der Waals surface area contributed by atoms with Crippen molar-refractivity contribution >= 4 is 0 Å². The van der Waals surface area contributed by atoms with E-state index in [0.717, 1.165) is 32.1 Å².